The van der Waals surface area contributed by atoms with Gasteiger partial charge in [0.1, 0.15) is 12.3 Å². The Hall–Kier alpha value is -3.68. The van der Waals surface area contributed by atoms with Crippen LogP contribution < -0.4 is 0 Å². The zero-order chi connectivity index (χ0) is 23.6. The molecule has 2 aromatic rings. The predicted octanol–water partition coefficient (Wildman–Crippen LogP) is 5.81. The standard InChI is InChI=1S/C25H20F3NO4/c26-25(27,28)16-11-9-15(10-12-16)13-22(23(30)31)29-24(32)33-14-21-19-7-3-1-5-17(19)18-6-2-4-8-20(18)21/h1,3-5,7-12,21H,2,6,13-14H2,(H,30,31). The summed E-state index contributed by atoms with van der Waals surface area (Å²) >= 11 is 0. The van der Waals surface area contributed by atoms with Gasteiger partial charge in [0.2, 0.25) is 0 Å². The van der Waals surface area contributed by atoms with Crippen molar-refractivity contribution in [1.29, 1.82) is 0 Å². The van der Waals surface area contributed by atoms with E-state index in [0.717, 1.165) is 53.8 Å². The van der Waals surface area contributed by atoms with E-state index in [1.807, 2.05) is 30.3 Å². The highest BCUT2D eigenvalue weighted by atomic mass is 19.4. The molecule has 0 aliphatic heterocycles. The van der Waals surface area contributed by atoms with Crippen molar-refractivity contribution < 1.29 is 32.6 Å². The summed E-state index contributed by atoms with van der Waals surface area (Å²) in [5.74, 6) is -1.60. The van der Waals surface area contributed by atoms with Gasteiger partial charge in [-0.25, -0.2) is 9.59 Å². The SMILES string of the molecule is O=C(N=C(Cc1ccc(C(F)(F)F)cc1)C(=O)O)OCC1C2=C(CCC=C2)c2ccccc21. The number of carboxylic acid groups (broad SMARTS) is 1. The Morgan fingerprint density at radius 2 is 1.82 bits per heavy atom. The van der Waals surface area contributed by atoms with Gasteiger partial charge >= 0.3 is 18.2 Å². The second kappa shape index (κ2) is 9.05. The van der Waals surface area contributed by atoms with Crippen molar-refractivity contribution in [2.45, 2.75) is 31.4 Å². The van der Waals surface area contributed by atoms with Crippen molar-refractivity contribution >= 4 is 23.3 Å². The number of benzene rings is 2. The van der Waals surface area contributed by atoms with Crippen molar-refractivity contribution in [2.24, 2.45) is 4.99 Å². The number of aliphatic imine (C=N–C) groups is 1. The lowest BCUT2D eigenvalue weighted by Gasteiger charge is -2.16. The average molecular weight is 455 g/mol. The molecule has 8 heteroatoms. The quantitative estimate of drug-likeness (QED) is 0.577. The summed E-state index contributed by atoms with van der Waals surface area (Å²) in [4.78, 5) is 27.4. The number of hydrogen-bond acceptors (Lipinski definition) is 3. The van der Waals surface area contributed by atoms with E-state index in [9.17, 15) is 27.9 Å². The van der Waals surface area contributed by atoms with E-state index in [1.54, 1.807) is 0 Å². The van der Waals surface area contributed by atoms with E-state index >= 15 is 0 Å². The van der Waals surface area contributed by atoms with Crippen LogP contribution in [0.5, 0.6) is 0 Å². The summed E-state index contributed by atoms with van der Waals surface area (Å²) in [6.07, 6.45) is 0.0989. The molecule has 0 bridgehead atoms. The molecule has 1 amide bonds. The highest BCUT2D eigenvalue weighted by Crippen LogP contribution is 2.46. The molecule has 0 spiro atoms. The van der Waals surface area contributed by atoms with E-state index in [-0.39, 0.29) is 24.5 Å². The van der Waals surface area contributed by atoms with Crippen molar-refractivity contribution in [3.05, 3.63) is 88.5 Å². The lowest BCUT2D eigenvalue weighted by molar-refractivity contribution is -0.137. The van der Waals surface area contributed by atoms with Gasteiger partial charge in [-0.1, -0.05) is 48.6 Å². The lowest BCUT2D eigenvalue weighted by atomic mass is 9.93. The van der Waals surface area contributed by atoms with E-state index in [2.05, 4.69) is 11.1 Å². The van der Waals surface area contributed by atoms with Crippen LogP contribution in [0.15, 0.2) is 71.2 Å². The van der Waals surface area contributed by atoms with Crippen LogP contribution in [-0.2, 0) is 22.1 Å². The number of rotatable bonds is 5. The molecule has 2 aliphatic rings. The van der Waals surface area contributed by atoms with Gasteiger partial charge in [0.05, 0.1) is 5.56 Å². The Kier molecular flexibility index (Phi) is 6.18. The highest BCUT2D eigenvalue weighted by Gasteiger charge is 2.32. The maximum Gasteiger partial charge on any atom is 0.434 e. The Morgan fingerprint density at radius 1 is 1.09 bits per heavy atom. The lowest BCUT2D eigenvalue weighted by Crippen LogP contribution is -2.19. The summed E-state index contributed by atoms with van der Waals surface area (Å²) in [5.41, 5.74) is 3.42. The van der Waals surface area contributed by atoms with Crippen molar-refractivity contribution in [3.63, 3.8) is 0 Å². The predicted molar refractivity (Wildman–Crippen MR) is 116 cm³/mol. The van der Waals surface area contributed by atoms with Crippen LogP contribution >= 0.6 is 0 Å². The smallest absolute Gasteiger partial charge is 0.434 e. The molecule has 5 nitrogen and oxygen atoms in total. The maximum absolute atomic E-state index is 12.7. The second-order valence-corrected chi connectivity index (χ2v) is 7.83. The highest BCUT2D eigenvalue weighted by molar-refractivity contribution is 6.37. The zero-order valence-electron chi connectivity index (χ0n) is 17.4. The third kappa shape index (κ3) is 4.89. The number of amides is 1. The molecule has 0 saturated heterocycles. The van der Waals surface area contributed by atoms with Crippen LogP contribution in [-0.4, -0.2) is 29.5 Å². The fraction of sp³-hybridized carbons (Fsp3) is 0.240. The van der Waals surface area contributed by atoms with Gasteiger partial charge in [-0.15, -0.1) is 0 Å². The first-order chi connectivity index (χ1) is 15.7. The Bertz CT molecular complexity index is 1180. The topological polar surface area (TPSA) is 76.0 Å². The van der Waals surface area contributed by atoms with Crippen molar-refractivity contribution in [3.8, 4) is 0 Å². The van der Waals surface area contributed by atoms with Gasteiger partial charge in [-0.3, -0.25) is 0 Å². The Morgan fingerprint density at radius 3 is 2.52 bits per heavy atom. The molecule has 1 atom stereocenters. The molecular formula is C25H20F3NO4. The van der Waals surface area contributed by atoms with Gasteiger partial charge in [0, 0.05) is 12.3 Å². The molecule has 170 valence electrons. The molecule has 4 rings (SSSR count). The first kappa shape index (κ1) is 22.5. The number of carbonyl (C=O) groups is 2. The van der Waals surface area contributed by atoms with Crippen LogP contribution in [0.1, 0.15) is 41.0 Å². The fourth-order valence-electron chi connectivity index (χ4n) is 4.19. The van der Waals surface area contributed by atoms with Crippen LogP contribution in [0.4, 0.5) is 18.0 Å². The number of fused-ring (bicyclic) bond motifs is 2. The first-order valence-corrected chi connectivity index (χ1v) is 10.4. The van der Waals surface area contributed by atoms with Gasteiger partial charge in [-0.2, -0.15) is 18.2 Å². The van der Waals surface area contributed by atoms with E-state index in [4.69, 9.17) is 4.74 Å². The summed E-state index contributed by atoms with van der Waals surface area (Å²) in [6, 6.07) is 11.9. The summed E-state index contributed by atoms with van der Waals surface area (Å²) in [5, 5.41) is 9.40. The number of nitrogens with zero attached hydrogens (tertiary/aromatic N) is 1. The molecule has 1 N–H and O–H groups in total. The molecule has 0 radical (unpaired) electrons. The number of halogens is 3. The van der Waals surface area contributed by atoms with Gasteiger partial charge in [0.25, 0.3) is 0 Å². The molecule has 33 heavy (non-hydrogen) atoms. The molecule has 1 unspecified atom stereocenters. The maximum atomic E-state index is 12.7. The number of ether oxygens (including phenoxy) is 1. The average Bonchev–Trinajstić information content (AvgIpc) is 3.11. The number of hydrogen-bond donors (Lipinski definition) is 1. The van der Waals surface area contributed by atoms with Crippen molar-refractivity contribution in [2.75, 3.05) is 6.61 Å². The normalized spacial score (nSPS) is 17.5. The fourth-order valence-corrected chi connectivity index (χ4v) is 4.19. The van der Waals surface area contributed by atoms with Crippen LogP contribution in [0.25, 0.3) is 5.57 Å². The number of carbonyl (C=O) groups excluding carboxylic acids is 1. The molecule has 0 heterocycles. The van der Waals surface area contributed by atoms with E-state index < -0.39 is 29.5 Å². The van der Waals surface area contributed by atoms with Crippen LogP contribution in [0, 0.1) is 0 Å². The number of alkyl halides is 3. The van der Waals surface area contributed by atoms with Crippen molar-refractivity contribution in [1.82, 2.24) is 0 Å². The van der Waals surface area contributed by atoms with Crippen LogP contribution in [0.2, 0.25) is 0 Å². The third-order valence-electron chi connectivity index (χ3n) is 5.74. The zero-order valence-corrected chi connectivity index (χ0v) is 17.4. The number of carboxylic acids is 1. The molecule has 0 aromatic heterocycles. The molecule has 2 aliphatic carbocycles. The first-order valence-electron chi connectivity index (χ1n) is 10.4. The molecular weight excluding hydrogens is 435 g/mol. The van der Waals surface area contributed by atoms with Gasteiger partial charge in [0.15, 0.2) is 0 Å². The van der Waals surface area contributed by atoms with Gasteiger partial charge in [-0.05, 0) is 52.8 Å². The largest absolute Gasteiger partial charge is 0.477 e. The Labute approximate surface area is 187 Å². The summed E-state index contributed by atoms with van der Waals surface area (Å²) < 4.78 is 43.4. The van der Waals surface area contributed by atoms with Gasteiger partial charge < -0.3 is 9.84 Å². The molecule has 2 aromatic carbocycles. The number of allylic oxidation sites excluding steroid dienone is 3. The van der Waals surface area contributed by atoms with E-state index in [1.165, 1.54) is 5.57 Å². The minimum atomic E-state index is -4.49. The summed E-state index contributed by atoms with van der Waals surface area (Å²) in [6.45, 7) is 0.00962. The molecule has 0 fully saturated rings. The monoisotopic (exact) mass is 455 g/mol. The minimum Gasteiger partial charge on any atom is -0.477 e. The van der Waals surface area contributed by atoms with E-state index in [0.29, 0.717) is 0 Å². The second-order valence-electron chi connectivity index (χ2n) is 7.83. The summed E-state index contributed by atoms with van der Waals surface area (Å²) in [7, 11) is 0. The molecule has 0 saturated carbocycles. The van der Waals surface area contributed by atoms with Crippen LogP contribution in [0.3, 0.4) is 0 Å². The minimum absolute atomic E-state index is 0.00962. The third-order valence-corrected chi connectivity index (χ3v) is 5.74. The Balaban J connectivity index is 1.46. The number of aliphatic carboxylic acids is 1.